The lowest BCUT2D eigenvalue weighted by atomic mass is 9.44. The summed E-state index contributed by atoms with van der Waals surface area (Å²) in [7, 11) is 0. The molecule has 0 unspecified atom stereocenters. The first-order valence-corrected chi connectivity index (χ1v) is 10.6. The van der Waals surface area contributed by atoms with Gasteiger partial charge in [0, 0.05) is 5.92 Å². The van der Waals surface area contributed by atoms with Crippen molar-refractivity contribution >= 4 is 5.78 Å². The molecule has 4 aliphatic carbocycles. The molecule has 3 nitrogen and oxygen atoms in total. The second kappa shape index (κ2) is 5.79. The highest BCUT2D eigenvalue weighted by molar-refractivity contribution is 5.83. The first-order valence-electron chi connectivity index (χ1n) is 10.6. The number of rotatable bonds is 2. The summed E-state index contributed by atoms with van der Waals surface area (Å²) in [6, 6.07) is 0. The summed E-state index contributed by atoms with van der Waals surface area (Å²) in [6.07, 6.45) is 10.1. The van der Waals surface area contributed by atoms with Crippen molar-refractivity contribution in [1.82, 2.24) is 0 Å². The number of fused-ring (bicyclic) bond motifs is 5. The fourth-order valence-corrected chi connectivity index (χ4v) is 8.07. The Morgan fingerprint density at radius 1 is 0.920 bits per heavy atom. The SMILES string of the molecule is C[C@@]1(O)CC[C@@]2(C)[C@@H](CC[C@@H]3[C@@H]2CC[C@]2(C)[C@@H](C(=O)CO)CC[C@@H]32)C1. The molecule has 0 amide bonds. The predicted molar refractivity (Wildman–Crippen MR) is 97.9 cm³/mol. The first kappa shape index (κ1) is 18.0. The van der Waals surface area contributed by atoms with Crippen molar-refractivity contribution < 1.29 is 15.0 Å². The van der Waals surface area contributed by atoms with Crippen molar-refractivity contribution in [2.75, 3.05) is 6.61 Å². The molecule has 4 rings (SSSR count). The number of hydrogen-bond donors (Lipinski definition) is 2. The molecule has 0 aliphatic heterocycles. The monoisotopic (exact) mass is 348 g/mol. The fraction of sp³-hybridized carbons (Fsp3) is 0.955. The minimum Gasteiger partial charge on any atom is -0.390 e. The van der Waals surface area contributed by atoms with Crippen LogP contribution in [-0.4, -0.2) is 28.2 Å². The molecule has 2 N–H and O–H groups in total. The molecule has 25 heavy (non-hydrogen) atoms. The number of hydrogen-bond acceptors (Lipinski definition) is 3. The van der Waals surface area contributed by atoms with Gasteiger partial charge in [0.2, 0.25) is 0 Å². The van der Waals surface area contributed by atoms with Crippen LogP contribution in [0.4, 0.5) is 0 Å². The Hall–Kier alpha value is -0.410. The third-order valence-corrected chi connectivity index (χ3v) is 9.50. The Labute approximate surface area is 152 Å². The van der Waals surface area contributed by atoms with Gasteiger partial charge in [0.15, 0.2) is 5.78 Å². The minimum absolute atomic E-state index is 0.0806. The molecule has 0 spiro atoms. The van der Waals surface area contributed by atoms with Crippen LogP contribution in [0.2, 0.25) is 0 Å². The number of Topliss-reactive ketones (excluding diaryl/α,β-unsaturated/α-hetero) is 1. The minimum atomic E-state index is -0.466. The van der Waals surface area contributed by atoms with Gasteiger partial charge in [-0.1, -0.05) is 13.8 Å². The number of carbonyl (C=O) groups excluding carboxylic acids is 1. The number of ketones is 1. The fourth-order valence-electron chi connectivity index (χ4n) is 8.07. The molecule has 0 heterocycles. The Morgan fingerprint density at radius 3 is 2.36 bits per heavy atom. The molecule has 3 heteroatoms. The highest BCUT2D eigenvalue weighted by Crippen LogP contribution is 2.68. The van der Waals surface area contributed by atoms with Crippen LogP contribution in [0.15, 0.2) is 0 Å². The van der Waals surface area contributed by atoms with Crippen molar-refractivity contribution in [1.29, 1.82) is 0 Å². The predicted octanol–water partition coefficient (Wildman–Crippen LogP) is 3.96. The molecule has 0 aromatic carbocycles. The van der Waals surface area contributed by atoms with E-state index in [0.717, 1.165) is 43.9 Å². The smallest absolute Gasteiger partial charge is 0.161 e. The molecule has 0 aromatic heterocycles. The molecule has 4 saturated carbocycles. The number of aliphatic hydroxyl groups is 2. The Morgan fingerprint density at radius 2 is 1.64 bits per heavy atom. The van der Waals surface area contributed by atoms with Crippen molar-refractivity contribution in [2.45, 2.75) is 84.2 Å². The lowest BCUT2D eigenvalue weighted by Gasteiger charge is -2.61. The maximum atomic E-state index is 12.3. The Kier molecular flexibility index (Phi) is 4.16. The van der Waals surface area contributed by atoms with E-state index in [4.69, 9.17) is 0 Å². The van der Waals surface area contributed by atoms with Gasteiger partial charge in [0.25, 0.3) is 0 Å². The Balaban J connectivity index is 1.59. The van der Waals surface area contributed by atoms with Crippen molar-refractivity contribution in [3.63, 3.8) is 0 Å². The van der Waals surface area contributed by atoms with Gasteiger partial charge in [-0.15, -0.1) is 0 Å². The van der Waals surface area contributed by atoms with Crippen LogP contribution < -0.4 is 0 Å². The highest BCUT2D eigenvalue weighted by Gasteiger charge is 2.61. The van der Waals surface area contributed by atoms with Gasteiger partial charge in [-0.3, -0.25) is 4.79 Å². The van der Waals surface area contributed by atoms with E-state index in [1.165, 1.54) is 25.7 Å². The van der Waals surface area contributed by atoms with Gasteiger partial charge in [-0.25, -0.2) is 0 Å². The largest absolute Gasteiger partial charge is 0.390 e. The summed E-state index contributed by atoms with van der Waals surface area (Å²) in [6.45, 7) is 6.60. The average molecular weight is 349 g/mol. The molecule has 4 aliphatic rings. The van der Waals surface area contributed by atoms with Gasteiger partial charge < -0.3 is 10.2 Å². The molecule has 0 radical (unpaired) electrons. The van der Waals surface area contributed by atoms with E-state index < -0.39 is 5.60 Å². The van der Waals surface area contributed by atoms with E-state index in [1.807, 2.05) is 6.92 Å². The summed E-state index contributed by atoms with van der Waals surface area (Å²) in [4.78, 5) is 12.3. The zero-order chi connectivity index (χ0) is 18.0. The van der Waals surface area contributed by atoms with E-state index in [0.29, 0.717) is 17.3 Å². The van der Waals surface area contributed by atoms with E-state index in [1.54, 1.807) is 0 Å². The third-order valence-electron chi connectivity index (χ3n) is 9.50. The molecule has 4 fully saturated rings. The van der Waals surface area contributed by atoms with Crippen LogP contribution in [0.1, 0.15) is 78.6 Å². The molecule has 0 aromatic rings. The maximum Gasteiger partial charge on any atom is 0.161 e. The van der Waals surface area contributed by atoms with Crippen LogP contribution in [-0.2, 0) is 4.79 Å². The summed E-state index contributed by atoms with van der Waals surface area (Å²) < 4.78 is 0. The lowest BCUT2D eigenvalue weighted by molar-refractivity contribution is -0.151. The Bertz CT molecular complexity index is 555. The van der Waals surface area contributed by atoms with Crippen molar-refractivity contribution in [3.8, 4) is 0 Å². The van der Waals surface area contributed by atoms with E-state index in [9.17, 15) is 15.0 Å². The molecule has 142 valence electrons. The second-order valence-electron chi connectivity index (χ2n) is 10.7. The van der Waals surface area contributed by atoms with Crippen molar-refractivity contribution in [2.24, 2.45) is 40.4 Å². The average Bonchev–Trinajstić information content (AvgIpc) is 2.92. The first-order chi connectivity index (χ1) is 11.7. The zero-order valence-electron chi connectivity index (χ0n) is 16.3. The molecular formula is C22H36O3. The van der Waals surface area contributed by atoms with E-state index >= 15 is 0 Å². The third kappa shape index (κ3) is 2.56. The van der Waals surface area contributed by atoms with Gasteiger partial charge in [0.05, 0.1) is 5.60 Å². The number of carbonyl (C=O) groups is 1. The van der Waals surface area contributed by atoms with Gasteiger partial charge in [0.1, 0.15) is 6.61 Å². The van der Waals surface area contributed by atoms with E-state index in [-0.39, 0.29) is 23.7 Å². The van der Waals surface area contributed by atoms with Crippen LogP contribution in [0.3, 0.4) is 0 Å². The normalized spacial score (nSPS) is 55.2. The van der Waals surface area contributed by atoms with Crippen LogP contribution in [0.25, 0.3) is 0 Å². The second-order valence-corrected chi connectivity index (χ2v) is 10.7. The highest BCUT2D eigenvalue weighted by atomic mass is 16.3. The summed E-state index contributed by atoms with van der Waals surface area (Å²) in [5.74, 6) is 3.01. The van der Waals surface area contributed by atoms with E-state index in [2.05, 4.69) is 13.8 Å². The van der Waals surface area contributed by atoms with Crippen molar-refractivity contribution in [3.05, 3.63) is 0 Å². The van der Waals surface area contributed by atoms with Gasteiger partial charge >= 0.3 is 0 Å². The maximum absolute atomic E-state index is 12.3. The zero-order valence-corrected chi connectivity index (χ0v) is 16.3. The molecule has 0 saturated heterocycles. The summed E-state index contributed by atoms with van der Waals surface area (Å²) in [5.41, 5.74) is 0.0299. The van der Waals surface area contributed by atoms with Crippen LogP contribution in [0.5, 0.6) is 0 Å². The summed E-state index contributed by atoms with van der Waals surface area (Å²) in [5, 5.41) is 20.0. The standard InChI is InChI=1S/C22H36O3/c1-20(25)10-11-21(2)14(12-20)4-5-15-16-6-7-18(19(24)13-23)22(16,3)9-8-17(15)21/h14-18,23,25H,4-13H2,1-3H3/t14-,15-,16-,17-,18+,20+,21-,22-/m0/s1. The quantitative estimate of drug-likeness (QED) is 0.794. The summed E-state index contributed by atoms with van der Waals surface area (Å²) >= 11 is 0. The number of aliphatic hydroxyl groups excluding tert-OH is 1. The van der Waals surface area contributed by atoms with Gasteiger partial charge in [-0.05, 0) is 99.2 Å². The van der Waals surface area contributed by atoms with Crippen LogP contribution >= 0.6 is 0 Å². The lowest BCUT2D eigenvalue weighted by Crippen LogP contribution is -2.55. The van der Waals surface area contributed by atoms with Gasteiger partial charge in [-0.2, -0.15) is 0 Å². The molecule has 0 bridgehead atoms. The van der Waals surface area contributed by atoms with Crippen LogP contribution in [0, 0.1) is 40.4 Å². The molecule has 8 atom stereocenters. The molecular weight excluding hydrogens is 312 g/mol. The topological polar surface area (TPSA) is 57.5 Å².